The molecule has 0 spiro atoms. The molecule has 1 aliphatic carbocycles. The van der Waals surface area contributed by atoms with Crippen LogP contribution in [0.4, 0.5) is 0 Å². The Bertz CT molecular complexity index is 102. The van der Waals surface area contributed by atoms with E-state index in [0.717, 1.165) is 6.61 Å². The van der Waals surface area contributed by atoms with Gasteiger partial charge >= 0.3 is 0 Å². The van der Waals surface area contributed by atoms with Crippen molar-refractivity contribution in [1.82, 2.24) is 0 Å². The summed E-state index contributed by atoms with van der Waals surface area (Å²) in [7, 11) is 0. The van der Waals surface area contributed by atoms with Gasteiger partial charge in [0.2, 0.25) is 0 Å². The summed E-state index contributed by atoms with van der Waals surface area (Å²) in [5, 5.41) is 0. The topological polar surface area (TPSA) is 9.23 Å². The lowest BCUT2D eigenvalue weighted by molar-refractivity contribution is 0.117. The number of fused-ring (bicyclic) bond motifs is 1. The van der Waals surface area contributed by atoms with Gasteiger partial charge in [0.05, 0.1) is 12.7 Å². The van der Waals surface area contributed by atoms with Crippen molar-refractivity contribution >= 4 is 22.6 Å². The Morgan fingerprint density at radius 1 is 1.62 bits per heavy atom. The van der Waals surface area contributed by atoms with Crippen LogP contribution in [0.25, 0.3) is 0 Å². The van der Waals surface area contributed by atoms with Crippen LogP contribution >= 0.6 is 22.6 Å². The highest BCUT2D eigenvalue weighted by Gasteiger charge is 2.50. The van der Waals surface area contributed by atoms with Crippen LogP contribution in [0.15, 0.2) is 0 Å². The van der Waals surface area contributed by atoms with Crippen molar-refractivity contribution in [2.45, 2.75) is 18.9 Å². The van der Waals surface area contributed by atoms with Crippen molar-refractivity contribution in [1.29, 1.82) is 0 Å². The maximum atomic E-state index is 5.42. The predicted octanol–water partition coefficient (Wildman–Crippen LogP) is 1.60. The Labute approximate surface area is 62.9 Å². The number of halogens is 1. The molecule has 2 heteroatoms. The van der Waals surface area contributed by atoms with Crippen LogP contribution in [-0.4, -0.2) is 17.1 Å². The largest absolute Gasteiger partial charge is 0.378 e. The number of ether oxygens (including phenoxy) is 1. The molecule has 46 valence electrons. The molecular formula is C6H9IO. The molecule has 3 rings (SSSR count). The molecule has 2 aliphatic heterocycles. The Balaban J connectivity index is 2.09. The fourth-order valence-corrected chi connectivity index (χ4v) is 2.43. The Morgan fingerprint density at radius 3 is 2.62 bits per heavy atom. The summed E-state index contributed by atoms with van der Waals surface area (Å²) < 4.78 is 6.71. The number of hydrogen-bond acceptors (Lipinski definition) is 1. The molecule has 0 aromatic carbocycles. The van der Waals surface area contributed by atoms with E-state index in [1.165, 1.54) is 17.3 Å². The number of rotatable bonds is 1. The third-order valence-electron chi connectivity index (χ3n) is 2.23. The van der Waals surface area contributed by atoms with E-state index in [-0.39, 0.29) is 0 Å². The molecule has 0 aromatic rings. The second-order valence-electron chi connectivity index (χ2n) is 2.97. The third kappa shape index (κ3) is 0.559. The standard InChI is InChI=1S/C6H9IO/c7-3-6-1-5(2-6)8-4-6/h5H,1-4H2. The first kappa shape index (κ1) is 5.47. The van der Waals surface area contributed by atoms with E-state index >= 15 is 0 Å². The van der Waals surface area contributed by atoms with Gasteiger partial charge < -0.3 is 4.74 Å². The SMILES string of the molecule is ICC12COC(C1)C2. The summed E-state index contributed by atoms with van der Waals surface area (Å²) in [6.45, 7) is 1.04. The zero-order chi connectivity index (χ0) is 5.61. The van der Waals surface area contributed by atoms with Crippen molar-refractivity contribution < 1.29 is 4.74 Å². The van der Waals surface area contributed by atoms with Crippen molar-refractivity contribution in [2.75, 3.05) is 11.0 Å². The highest BCUT2D eigenvalue weighted by molar-refractivity contribution is 14.1. The summed E-state index contributed by atoms with van der Waals surface area (Å²) in [6.07, 6.45) is 3.34. The van der Waals surface area contributed by atoms with Gasteiger partial charge in [-0.25, -0.2) is 0 Å². The summed E-state index contributed by atoms with van der Waals surface area (Å²) in [6, 6.07) is 0. The van der Waals surface area contributed by atoms with Crippen molar-refractivity contribution in [3.63, 3.8) is 0 Å². The van der Waals surface area contributed by atoms with Gasteiger partial charge in [-0.3, -0.25) is 0 Å². The molecule has 2 bridgehead atoms. The van der Waals surface area contributed by atoms with Crippen molar-refractivity contribution in [3.05, 3.63) is 0 Å². The Hall–Kier alpha value is 0.690. The third-order valence-corrected chi connectivity index (χ3v) is 3.85. The number of alkyl halides is 1. The van der Waals surface area contributed by atoms with Crippen LogP contribution in [0.2, 0.25) is 0 Å². The average Bonchev–Trinajstić information content (AvgIpc) is 2.17. The minimum absolute atomic E-state index is 0.644. The highest BCUT2D eigenvalue weighted by Crippen LogP contribution is 2.50. The normalized spacial score (nSPS) is 51.4. The molecule has 2 saturated heterocycles. The molecule has 8 heavy (non-hydrogen) atoms. The predicted molar refractivity (Wildman–Crippen MR) is 40.3 cm³/mol. The van der Waals surface area contributed by atoms with Gasteiger partial charge in [0, 0.05) is 9.84 Å². The van der Waals surface area contributed by atoms with E-state index in [1.54, 1.807) is 0 Å². The van der Waals surface area contributed by atoms with Crippen LogP contribution in [0.1, 0.15) is 12.8 Å². The molecule has 0 unspecified atom stereocenters. The quantitative estimate of drug-likeness (QED) is 0.485. The molecule has 1 saturated carbocycles. The Morgan fingerprint density at radius 2 is 2.38 bits per heavy atom. The fourth-order valence-electron chi connectivity index (χ4n) is 1.58. The highest BCUT2D eigenvalue weighted by atomic mass is 127. The molecule has 3 aliphatic rings. The van der Waals surface area contributed by atoms with E-state index in [9.17, 15) is 0 Å². The van der Waals surface area contributed by atoms with Gasteiger partial charge in [-0.1, -0.05) is 22.6 Å². The molecular weight excluding hydrogens is 215 g/mol. The van der Waals surface area contributed by atoms with E-state index in [4.69, 9.17) is 4.74 Å². The molecule has 0 atom stereocenters. The molecule has 0 aromatic heterocycles. The lowest BCUT2D eigenvalue weighted by Gasteiger charge is -2.33. The zero-order valence-electron chi connectivity index (χ0n) is 4.69. The summed E-state index contributed by atoms with van der Waals surface area (Å²) in [4.78, 5) is 0. The maximum Gasteiger partial charge on any atom is 0.0588 e. The average molecular weight is 224 g/mol. The van der Waals surface area contributed by atoms with Crippen LogP contribution in [0.5, 0.6) is 0 Å². The first-order valence-electron chi connectivity index (χ1n) is 3.02. The minimum Gasteiger partial charge on any atom is -0.378 e. The molecule has 1 nitrogen and oxygen atoms in total. The Kier molecular flexibility index (Phi) is 1.09. The van der Waals surface area contributed by atoms with Gasteiger partial charge in [-0.15, -0.1) is 0 Å². The van der Waals surface area contributed by atoms with Gasteiger partial charge in [-0.2, -0.15) is 0 Å². The molecule has 0 radical (unpaired) electrons. The summed E-state index contributed by atoms with van der Waals surface area (Å²) in [5.41, 5.74) is 0.644. The second kappa shape index (κ2) is 1.59. The summed E-state index contributed by atoms with van der Waals surface area (Å²) in [5.74, 6) is 0. The number of hydrogen-bond donors (Lipinski definition) is 0. The van der Waals surface area contributed by atoms with Crippen molar-refractivity contribution in [2.24, 2.45) is 5.41 Å². The van der Waals surface area contributed by atoms with Gasteiger partial charge in [0.25, 0.3) is 0 Å². The van der Waals surface area contributed by atoms with Gasteiger partial charge in [0.1, 0.15) is 0 Å². The van der Waals surface area contributed by atoms with E-state index in [2.05, 4.69) is 22.6 Å². The van der Waals surface area contributed by atoms with Gasteiger partial charge in [-0.05, 0) is 12.8 Å². The second-order valence-corrected chi connectivity index (χ2v) is 3.74. The van der Waals surface area contributed by atoms with Crippen LogP contribution in [-0.2, 0) is 4.74 Å². The molecule has 0 N–H and O–H groups in total. The van der Waals surface area contributed by atoms with E-state index < -0.39 is 0 Å². The fraction of sp³-hybridized carbons (Fsp3) is 1.00. The molecule has 3 fully saturated rings. The lowest BCUT2D eigenvalue weighted by Crippen LogP contribution is -2.33. The maximum absolute atomic E-state index is 5.42. The first-order valence-corrected chi connectivity index (χ1v) is 4.55. The van der Waals surface area contributed by atoms with Crippen molar-refractivity contribution in [3.8, 4) is 0 Å². The first-order chi connectivity index (χ1) is 3.85. The summed E-state index contributed by atoms with van der Waals surface area (Å²) >= 11 is 2.46. The zero-order valence-corrected chi connectivity index (χ0v) is 6.85. The molecule has 2 heterocycles. The van der Waals surface area contributed by atoms with Crippen LogP contribution in [0, 0.1) is 5.41 Å². The van der Waals surface area contributed by atoms with Crippen LogP contribution in [0.3, 0.4) is 0 Å². The lowest BCUT2D eigenvalue weighted by atomic mass is 9.72. The van der Waals surface area contributed by atoms with Gasteiger partial charge in [0.15, 0.2) is 0 Å². The smallest absolute Gasteiger partial charge is 0.0588 e. The van der Waals surface area contributed by atoms with Crippen LogP contribution < -0.4 is 0 Å². The minimum atomic E-state index is 0.644. The monoisotopic (exact) mass is 224 g/mol. The molecule has 0 amide bonds. The van der Waals surface area contributed by atoms with E-state index in [0.29, 0.717) is 11.5 Å². The van der Waals surface area contributed by atoms with E-state index in [1.807, 2.05) is 0 Å².